The molecule has 3 heterocycles. The van der Waals surface area contributed by atoms with Gasteiger partial charge in [-0.1, -0.05) is 6.07 Å². The smallest absolute Gasteiger partial charge is 0.248 e. The fourth-order valence-corrected chi connectivity index (χ4v) is 5.54. The zero-order chi connectivity index (χ0) is 18.0. The molecule has 2 aliphatic rings. The van der Waals surface area contributed by atoms with Gasteiger partial charge in [0.1, 0.15) is 6.61 Å². The first-order valence-electron chi connectivity index (χ1n) is 8.08. The number of carbonyl (C=O) groups excluding carboxylic acids is 2. The molecular formula is C16H21N3O5S. The topological polar surface area (TPSA) is 96.9 Å². The van der Waals surface area contributed by atoms with Crippen molar-refractivity contribution in [2.45, 2.75) is 18.5 Å². The summed E-state index contributed by atoms with van der Waals surface area (Å²) in [6.45, 7) is 0.551. The summed E-state index contributed by atoms with van der Waals surface area (Å²) in [7, 11) is -1.87. The fourth-order valence-electron chi connectivity index (χ4n) is 3.56. The second-order valence-corrected chi connectivity index (χ2v) is 8.51. The van der Waals surface area contributed by atoms with Crippen molar-refractivity contribution in [1.82, 2.24) is 14.8 Å². The molecule has 0 radical (unpaired) electrons. The molecule has 3 rings (SSSR count). The Hall–Kier alpha value is -2.00. The van der Waals surface area contributed by atoms with Crippen LogP contribution in [-0.2, 0) is 30.6 Å². The van der Waals surface area contributed by atoms with Crippen molar-refractivity contribution in [3.8, 4) is 0 Å². The molecule has 1 aromatic heterocycles. The maximum atomic E-state index is 12.7. The molecule has 2 aliphatic heterocycles. The van der Waals surface area contributed by atoms with E-state index in [-0.39, 0.29) is 36.3 Å². The van der Waals surface area contributed by atoms with Gasteiger partial charge >= 0.3 is 0 Å². The molecule has 2 saturated heterocycles. The number of carbonyl (C=O) groups is 2. The molecule has 0 bridgehead atoms. The summed E-state index contributed by atoms with van der Waals surface area (Å²) in [5.41, 5.74) is 0.780. The fraction of sp³-hybridized carbons (Fsp3) is 0.562. The number of amides is 2. The molecule has 2 atom stereocenters. The molecule has 0 aliphatic carbocycles. The van der Waals surface area contributed by atoms with Crippen LogP contribution in [0.25, 0.3) is 0 Å². The van der Waals surface area contributed by atoms with Crippen molar-refractivity contribution < 1.29 is 22.7 Å². The van der Waals surface area contributed by atoms with Crippen LogP contribution in [0.5, 0.6) is 0 Å². The van der Waals surface area contributed by atoms with Gasteiger partial charge in [-0.05, 0) is 11.6 Å². The third kappa shape index (κ3) is 3.82. The number of rotatable bonds is 4. The van der Waals surface area contributed by atoms with Crippen molar-refractivity contribution in [3.63, 3.8) is 0 Å². The van der Waals surface area contributed by atoms with Crippen molar-refractivity contribution >= 4 is 21.7 Å². The van der Waals surface area contributed by atoms with E-state index in [0.29, 0.717) is 13.1 Å². The molecule has 0 saturated carbocycles. The van der Waals surface area contributed by atoms with Crippen LogP contribution in [0.4, 0.5) is 0 Å². The lowest BCUT2D eigenvalue weighted by Gasteiger charge is -2.43. The molecule has 8 nitrogen and oxygen atoms in total. The maximum Gasteiger partial charge on any atom is 0.248 e. The average Bonchev–Trinajstić information content (AvgIpc) is 2.89. The van der Waals surface area contributed by atoms with E-state index >= 15 is 0 Å². The molecule has 25 heavy (non-hydrogen) atoms. The van der Waals surface area contributed by atoms with E-state index in [1.165, 1.54) is 7.11 Å². The number of aromatic nitrogens is 1. The number of hydrogen-bond acceptors (Lipinski definition) is 6. The molecule has 1 aromatic rings. The third-order valence-electron chi connectivity index (χ3n) is 4.66. The van der Waals surface area contributed by atoms with Crippen molar-refractivity contribution in [3.05, 3.63) is 30.1 Å². The van der Waals surface area contributed by atoms with Gasteiger partial charge in [0, 0.05) is 32.6 Å². The van der Waals surface area contributed by atoms with Gasteiger partial charge in [0.15, 0.2) is 9.84 Å². The second kappa shape index (κ2) is 7.09. The minimum absolute atomic E-state index is 0.0904. The molecular weight excluding hydrogens is 346 g/mol. The Labute approximate surface area is 146 Å². The molecule has 0 spiro atoms. The van der Waals surface area contributed by atoms with E-state index in [0.717, 1.165) is 5.56 Å². The molecule has 0 N–H and O–H groups in total. The SMILES string of the molecule is COCC(=O)N1CCN(C(=O)Cc2cccnc2)[C@@H]2CS(=O)(=O)C[C@@H]21. The summed E-state index contributed by atoms with van der Waals surface area (Å²) in [6, 6.07) is 2.57. The van der Waals surface area contributed by atoms with Crippen LogP contribution in [0, 0.1) is 0 Å². The summed E-state index contributed by atoms with van der Waals surface area (Å²) >= 11 is 0. The summed E-state index contributed by atoms with van der Waals surface area (Å²) in [6.07, 6.45) is 3.43. The third-order valence-corrected chi connectivity index (χ3v) is 6.36. The van der Waals surface area contributed by atoms with E-state index in [1.54, 1.807) is 28.3 Å². The number of sulfone groups is 1. The molecule has 2 fully saturated rings. The minimum Gasteiger partial charge on any atom is -0.375 e. The van der Waals surface area contributed by atoms with Crippen LogP contribution in [0.3, 0.4) is 0 Å². The number of hydrogen-bond donors (Lipinski definition) is 0. The molecule has 0 aromatic carbocycles. The number of pyridine rings is 1. The van der Waals surface area contributed by atoms with Crippen molar-refractivity contribution in [2.24, 2.45) is 0 Å². The normalized spacial score (nSPS) is 24.8. The highest BCUT2D eigenvalue weighted by Gasteiger charge is 2.49. The Morgan fingerprint density at radius 1 is 1.20 bits per heavy atom. The van der Waals surface area contributed by atoms with Gasteiger partial charge in [-0.3, -0.25) is 14.6 Å². The van der Waals surface area contributed by atoms with Gasteiger partial charge in [0.2, 0.25) is 11.8 Å². The highest BCUT2D eigenvalue weighted by atomic mass is 32.2. The number of nitrogens with zero attached hydrogens (tertiary/aromatic N) is 3. The highest BCUT2D eigenvalue weighted by molar-refractivity contribution is 7.91. The van der Waals surface area contributed by atoms with Crippen molar-refractivity contribution in [2.75, 3.05) is 38.3 Å². The van der Waals surface area contributed by atoms with Gasteiger partial charge < -0.3 is 14.5 Å². The zero-order valence-corrected chi connectivity index (χ0v) is 14.8. The Morgan fingerprint density at radius 3 is 2.40 bits per heavy atom. The van der Waals surface area contributed by atoms with Gasteiger partial charge in [-0.15, -0.1) is 0 Å². The van der Waals surface area contributed by atoms with Crippen molar-refractivity contribution in [1.29, 1.82) is 0 Å². The highest BCUT2D eigenvalue weighted by Crippen LogP contribution is 2.27. The first-order valence-corrected chi connectivity index (χ1v) is 9.90. The summed E-state index contributed by atoms with van der Waals surface area (Å²) in [5, 5.41) is 0. The predicted molar refractivity (Wildman–Crippen MR) is 89.5 cm³/mol. The van der Waals surface area contributed by atoms with Crippen LogP contribution in [0.2, 0.25) is 0 Å². The molecule has 2 amide bonds. The maximum absolute atomic E-state index is 12.7. The molecule has 9 heteroatoms. The van der Waals surface area contributed by atoms with Crippen LogP contribution in [-0.4, -0.2) is 85.4 Å². The molecule has 136 valence electrons. The van der Waals surface area contributed by atoms with Gasteiger partial charge in [0.05, 0.1) is 30.0 Å². The van der Waals surface area contributed by atoms with Crippen LogP contribution >= 0.6 is 0 Å². The van der Waals surface area contributed by atoms with Gasteiger partial charge in [-0.25, -0.2) is 8.42 Å². The predicted octanol–water partition coefficient (Wildman–Crippen LogP) is -0.893. The lowest BCUT2D eigenvalue weighted by molar-refractivity contribution is -0.147. The Balaban J connectivity index is 1.78. The summed E-state index contributed by atoms with van der Waals surface area (Å²) in [5.74, 6) is -0.593. The first kappa shape index (κ1) is 17.8. The lowest BCUT2D eigenvalue weighted by atomic mass is 10.0. The van der Waals surface area contributed by atoms with E-state index in [9.17, 15) is 18.0 Å². The second-order valence-electron chi connectivity index (χ2n) is 6.36. The Bertz CT molecular complexity index is 752. The Morgan fingerprint density at radius 2 is 1.84 bits per heavy atom. The Kier molecular flexibility index (Phi) is 5.05. The van der Waals surface area contributed by atoms with E-state index in [4.69, 9.17) is 4.74 Å². The zero-order valence-electron chi connectivity index (χ0n) is 14.0. The standard InChI is InChI=1S/C16H21N3O5S/c1-24-9-16(21)19-6-5-18(13-10-25(22,23)11-14(13)19)15(20)7-12-3-2-4-17-8-12/h2-4,8,13-14H,5-7,9-11H2,1H3/t13-,14+/m1/s1. The van der Waals surface area contributed by atoms with Gasteiger partial charge in [-0.2, -0.15) is 0 Å². The van der Waals surface area contributed by atoms with Gasteiger partial charge in [0.25, 0.3) is 0 Å². The number of fused-ring (bicyclic) bond motifs is 1. The quantitative estimate of drug-likeness (QED) is 0.685. The largest absolute Gasteiger partial charge is 0.375 e. The monoisotopic (exact) mass is 367 g/mol. The van der Waals surface area contributed by atoms with Crippen LogP contribution in [0.1, 0.15) is 5.56 Å². The number of piperazine rings is 1. The number of methoxy groups -OCH3 is 1. The minimum atomic E-state index is -3.29. The lowest BCUT2D eigenvalue weighted by Crippen LogP contribution is -2.62. The first-order chi connectivity index (χ1) is 11.9. The van der Waals surface area contributed by atoms with Crippen LogP contribution in [0.15, 0.2) is 24.5 Å². The van der Waals surface area contributed by atoms with E-state index < -0.39 is 21.9 Å². The van der Waals surface area contributed by atoms with E-state index in [1.807, 2.05) is 6.07 Å². The number of ether oxygens (including phenoxy) is 1. The average molecular weight is 367 g/mol. The van der Waals surface area contributed by atoms with Crippen LogP contribution < -0.4 is 0 Å². The van der Waals surface area contributed by atoms with E-state index in [2.05, 4.69) is 4.98 Å². The summed E-state index contributed by atoms with van der Waals surface area (Å²) < 4.78 is 29.1. The molecule has 0 unspecified atom stereocenters. The summed E-state index contributed by atoms with van der Waals surface area (Å²) in [4.78, 5) is 32.1.